The van der Waals surface area contributed by atoms with Crippen LogP contribution in [0.25, 0.3) is 11.1 Å². The minimum absolute atomic E-state index is 0.127. The van der Waals surface area contributed by atoms with Gasteiger partial charge < -0.3 is 9.84 Å². The van der Waals surface area contributed by atoms with Gasteiger partial charge in [0.05, 0.1) is 13.3 Å². The normalized spacial score (nSPS) is 17.4. The van der Waals surface area contributed by atoms with Gasteiger partial charge in [-0.25, -0.2) is 8.78 Å². The molecule has 1 aliphatic heterocycles. The van der Waals surface area contributed by atoms with E-state index in [1.165, 1.54) is 12.1 Å². The van der Waals surface area contributed by atoms with Gasteiger partial charge in [0, 0.05) is 47.5 Å². The Labute approximate surface area is 167 Å². The number of likely N-dealkylation sites (tertiary alicyclic amines) is 1. The van der Waals surface area contributed by atoms with E-state index in [1.54, 1.807) is 25.4 Å². The van der Waals surface area contributed by atoms with Gasteiger partial charge in [0.1, 0.15) is 23.1 Å². The quantitative estimate of drug-likeness (QED) is 0.666. The summed E-state index contributed by atoms with van der Waals surface area (Å²) >= 11 is 0. The molecule has 0 saturated carbocycles. The molecule has 152 valence electrons. The van der Waals surface area contributed by atoms with E-state index < -0.39 is 11.6 Å². The third-order valence-electron chi connectivity index (χ3n) is 5.51. The van der Waals surface area contributed by atoms with Crippen LogP contribution < -0.4 is 4.74 Å². The first kappa shape index (κ1) is 19.4. The van der Waals surface area contributed by atoms with Crippen molar-refractivity contribution in [3.8, 4) is 22.6 Å². The maximum Gasteiger partial charge on any atom is 0.134 e. The van der Waals surface area contributed by atoms with E-state index in [-0.39, 0.29) is 11.7 Å². The molecule has 5 nitrogen and oxygen atoms in total. The van der Waals surface area contributed by atoms with Crippen molar-refractivity contribution in [3.05, 3.63) is 65.5 Å². The van der Waals surface area contributed by atoms with Crippen molar-refractivity contribution in [2.24, 2.45) is 0 Å². The predicted molar refractivity (Wildman–Crippen MR) is 106 cm³/mol. The lowest BCUT2D eigenvalue weighted by molar-refractivity contribution is 0.194. The molecule has 2 heterocycles. The fraction of sp³-hybridized carbons (Fsp3) is 0.318. The molecule has 1 aromatic heterocycles. The molecule has 1 saturated heterocycles. The third kappa shape index (κ3) is 3.96. The number of nitrogens with zero attached hydrogens (tertiary/aromatic N) is 2. The summed E-state index contributed by atoms with van der Waals surface area (Å²) in [7, 11) is 1.59. The molecule has 4 rings (SSSR count). The molecular formula is C22H23F2N3O2. The SMILES string of the molecule is COc1cccc(O)c1CN1CCC[C@H](c2[nH]ncc2-c2ccc(F)cc2F)C1. The summed E-state index contributed by atoms with van der Waals surface area (Å²) in [6, 6.07) is 8.85. The van der Waals surface area contributed by atoms with Crippen LogP contribution in [0.1, 0.15) is 30.0 Å². The Morgan fingerprint density at radius 3 is 2.90 bits per heavy atom. The number of aromatic nitrogens is 2. The fourth-order valence-corrected chi connectivity index (χ4v) is 4.09. The second-order valence-corrected chi connectivity index (χ2v) is 7.35. The molecular weight excluding hydrogens is 376 g/mol. The molecule has 0 spiro atoms. The van der Waals surface area contributed by atoms with Crippen molar-refractivity contribution in [2.75, 3.05) is 20.2 Å². The van der Waals surface area contributed by atoms with Crippen LogP contribution in [-0.2, 0) is 6.54 Å². The Kier molecular flexibility index (Phi) is 5.49. The highest BCUT2D eigenvalue weighted by Crippen LogP contribution is 2.36. The zero-order chi connectivity index (χ0) is 20.4. The Hall–Kier alpha value is -2.93. The number of hydrogen-bond donors (Lipinski definition) is 2. The average molecular weight is 399 g/mol. The average Bonchev–Trinajstić information content (AvgIpc) is 3.19. The number of aromatic hydroxyl groups is 1. The standard InChI is InChI=1S/C22H23F2N3O2/c1-29-21-6-2-5-20(28)18(21)13-27-9-3-4-14(12-27)22-17(11-25-26-22)16-8-7-15(23)10-19(16)24/h2,5-8,10-11,14,28H,3-4,9,12-13H2,1H3,(H,25,26)/t14-/m0/s1. The first-order chi connectivity index (χ1) is 14.1. The monoisotopic (exact) mass is 399 g/mol. The number of nitrogens with one attached hydrogen (secondary N) is 1. The molecule has 2 N–H and O–H groups in total. The molecule has 29 heavy (non-hydrogen) atoms. The summed E-state index contributed by atoms with van der Waals surface area (Å²) < 4.78 is 33.0. The Morgan fingerprint density at radius 1 is 1.24 bits per heavy atom. The zero-order valence-corrected chi connectivity index (χ0v) is 16.2. The molecule has 1 fully saturated rings. The first-order valence-corrected chi connectivity index (χ1v) is 9.62. The van der Waals surface area contributed by atoms with E-state index in [4.69, 9.17) is 4.74 Å². The van der Waals surface area contributed by atoms with Crippen molar-refractivity contribution in [3.63, 3.8) is 0 Å². The van der Waals surface area contributed by atoms with E-state index >= 15 is 0 Å². The molecule has 3 aromatic rings. The largest absolute Gasteiger partial charge is 0.507 e. The van der Waals surface area contributed by atoms with Gasteiger partial charge in [-0.2, -0.15) is 5.10 Å². The highest BCUT2D eigenvalue weighted by atomic mass is 19.1. The lowest BCUT2D eigenvalue weighted by atomic mass is 9.90. The molecule has 1 atom stereocenters. The number of hydrogen-bond acceptors (Lipinski definition) is 4. The van der Waals surface area contributed by atoms with Crippen LogP contribution >= 0.6 is 0 Å². The van der Waals surface area contributed by atoms with E-state index in [2.05, 4.69) is 15.1 Å². The highest BCUT2D eigenvalue weighted by Gasteiger charge is 2.27. The van der Waals surface area contributed by atoms with Gasteiger partial charge in [0.15, 0.2) is 0 Å². The van der Waals surface area contributed by atoms with Crippen molar-refractivity contribution in [2.45, 2.75) is 25.3 Å². The smallest absolute Gasteiger partial charge is 0.134 e. The van der Waals surface area contributed by atoms with Crippen molar-refractivity contribution in [1.29, 1.82) is 0 Å². The van der Waals surface area contributed by atoms with Crippen LogP contribution in [0.4, 0.5) is 8.78 Å². The Bertz CT molecular complexity index is 1010. The second-order valence-electron chi connectivity index (χ2n) is 7.35. The second kappa shape index (κ2) is 8.21. The number of ether oxygens (including phenoxy) is 1. The van der Waals surface area contributed by atoms with Crippen LogP contribution in [0.5, 0.6) is 11.5 Å². The van der Waals surface area contributed by atoms with Crippen molar-refractivity contribution in [1.82, 2.24) is 15.1 Å². The van der Waals surface area contributed by atoms with E-state index in [9.17, 15) is 13.9 Å². The summed E-state index contributed by atoms with van der Waals surface area (Å²) in [6.45, 7) is 2.18. The summed E-state index contributed by atoms with van der Waals surface area (Å²) in [5, 5.41) is 17.4. The number of rotatable bonds is 5. The number of aromatic amines is 1. The topological polar surface area (TPSA) is 61.4 Å². The third-order valence-corrected chi connectivity index (χ3v) is 5.51. The van der Waals surface area contributed by atoms with Crippen LogP contribution in [0.2, 0.25) is 0 Å². The van der Waals surface area contributed by atoms with Crippen LogP contribution in [0, 0.1) is 11.6 Å². The van der Waals surface area contributed by atoms with Crippen molar-refractivity contribution >= 4 is 0 Å². The summed E-state index contributed by atoms with van der Waals surface area (Å²) in [6.07, 6.45) is 3.49. The van der Waals surface area contributed by atoms with Gasteiger partial charge in [-0.1, -0.05) is 6.07 Å². The minimum Gasteiger partial charge on any atom is -0.507 e. The molecule has 1 aliphatic rings. The van der Waals surface area contributed by atoms with Gasteiger partial charge >= 0.3 is 0 Å². The highest BCUT2D eigenvalue weighted by molar-refractivity contribution is 5.66. The number of phenols is 1. The first-order valence-electron chi connectivity index (χ1n) is 9.62. The molecule has 0 radical (unpaired) electrons. The van der Waals surface area contributed by atoms with E-state index in [0.29, 0.717) is 23.4 Å². The molecule has 2 aromatic carbocycles. The van der Waals surface area contributed by atoms with Crippen LogP contribution in [0.15, 0.2) is 42.6 Å². The number of phenolic OH excluding ortho intramolecular Hbond substituents is 1. The number of methoxy groups -OCH3 is 1. The Balaban J connectivity index is 1.57. The number of benzene rings is 2. The van der Waals surface area contributed by atoms with E-state index in [0.717, 1.165) is 43.3 Å². The van der Waals surface area contributed by atoms with Gasteiger partial charge in [-0.15, -0.1) is 0 Å². The molecule has 7 heteroatoms. The van der Waals surface area contributed by atoms with E-state index in [1.807, 2.05) is 6.07 Å². The summed E-state index contributed by atoms with van der Waals surface area (Å²) in [5.41, 5.74) is 2.61. The summed E-state index contributed by atoms with van der Waals surface area (Å²) in [4.78, 5) is 2.25. The van der Waals surface area contributed by atoms with Crippen molar-refractivity contribution < 1.29 is 18.6 Å². The zero-order valence-electron chi connectivity index (χ0n) is 16.2. The molecule has 0 unspecified atom stereocenters. The molecule has 0 aliphatic carbocycles. The fourth-order valence-electron chi connectivity index (χ4n) is 4.09. The van der Waals surface area contributed by atoms with Crippen LogP contribution in [0.3, 0.4) is 0 Å². The Morgan fingerprint density at radius 2 is 2.10 bits per heavy atom. The number of piperidine rings is 1. The van der Waals surface area contributed by atoms with Gasteiger partial charge in [0.2, 0.25) is 0 Å². The number of halogens is 2. The lowest BCUT2D eigenvalue weighted by Gasteiger charge is -2.33. The maximum absolute atomic E-state index is 14.3. The molecule has 0 amide bonds. The molecule has 0 bridgehead atoms. The number of H-pyrrole nitrogens is 1. The van der Waals surface area contributed by atoms with Gasteiger partial charge in [-0.3, -0.25) is 10.00 Å². The van der Waals surface area contributed by atoms with Gasteiger partial charge in [-0.05, 0) is 43.7 Å². The van der Waals surface area contributed by atoms with Crippen LogP contribution in [-0.4, -0.2) is 40.4 Å². The summed E-state index contributed by atoms with van der Waals surface area (Å²) in [5.74, 6) is -0.205. The minimum atomic E-state index is -0.600. The maximum atomic E-state index is 14.3. The lowest BCUT2D eigenvalue weighted by Crippen LogP contribution is -2.34. The predicted octanol–water partition coefficient (Wildman–Crippen LogP) is 4.45. The van der Waals surface area contributed by atoms with Gasteiger partial charge in [0.25, 0.3) is 0 Å².